The molecule has 11 nitrogen and oxygen atoms in total. The maximum atomic E-state index is 14.9. The lowest BCUT2D eigenvalue weighted by atomic mass is 9.80. The molecule has 3 amide bonds. The summed E-state index contributed by atoms with van der Waals surface area (Å²) in [6.07, 6.45) is -0.148. The molecule has 14 heteroatoms. The molecule has 0 unspecified atom stereocenters. The number of piperazine rings is 1. The van der Waals surface area contributed by atoms with E-state index < -0.39 is 19.2 Å². The third-order valence-electron chi connectivity index (χ3n) is 9.32. The Labute approximate surface area is 319 Å². The van der Waals surface area contributed by atoms with Crippen molar-refractivity contribution in [3.05, 3.63) is 123 Å². The molecule has 2 heterocycles. The lowest BCUT2D eigenvalue weighted by Crippen LogP contribution is -2.54. The van der Waals surface area contributed by atoms with Crippen molar-refractivity contribution in [2.75, 3.05) is 46.4 Å². The highest BCUT2D eigenvalue weighted by molar-refractivity contribution is 6.58. The Balaban J connectivity index is 1.25. The smallest absolute Gasteiger partial charge is 0.488 e. The van der Waals surface area contributed by atoms with Crippen molar-refractivity contribution >= 4 is 53.6 Å². The molecule has 2 aliphatic rings. The van der Waals surface area contributed by atoms with Crippen LogP contribution in [0.3, 0.4) is 0 Å². The maximum absolute atomic E-state index is 14.9. The van der Waals surface area contributed by atoms with Crippen molar-refractivity contribution in [1.82, 2.24) is 20.0 Å². The van der Waals surface area contributed by atoms with Crippen molar-refractivity contribution < 1.29 is 29.1 Å². The van der Waals surface area contributed by atoms with E-state index in [-0.39, 0.29) is 18.0 Å². The molecule has 0 spiro atoms. The van der Waals surface area contributed by atoms with E-state index in [1.54, 1.807) is 24.1 Å². The first kappa shape index (κ1) is 38.1. The van der Waals surface area contributed by atoms with Crippen LogP contribution in [0.25, 0.3) is 0 Å². The minimum absolute atomic E-state index is 0.148. The van der Waals surface area contributed by atoms with E-state index >= 15 is 0 Å². The van der Waals surface area contributed by atoms with Crippen molar-refractivity contribution in [3.8, 4) is 11.5 Å². The van der Waals surface area contributed by atoms with Gasteiger partial charge in [0.05, 0.1) is 24.8 Å². The van der Waals surface area contributed by atoms with Gasteiger partial charge >= 0.3 is 13.1 Å². The number of ether oxygens (including phenoxy) is 2. The molecule has 1 fully saturated rings. The molecule has 2 aliphatic heterocycles. The van der Waals surface area contributed by atoms with Gasteiger partial charge < -0.3 is 29.7 Å². The zero-order valence-electron chi connectivity index (χ0n) is 29.8. The molecule has 0 saturated carbocycles. The fourth-order valence-electron chi connectivity index (χ4n) is 6.57. The normalized spacial score (nSPS) is 17.5. The SMILES string of the molecule is COc1ccc(C2=N[C@@H](c3ccc(Cl)cc3)[C@@H](c3ccc(Cl)cc3)N2C(=O)N2CCN(CCNC(=O)c3ccc(B(O)O)cc3)CC2)c(OC(C)C)c1. The minimum Gasteiger partial charge on any atom is -0.497 e. The number of rotatable bonds is 11. The van der Waals surface area contributed by atoms with Crippen LogP contribution in [0, 0.1) is 0 Å². The maximum Gasteiger partial charge on any atom is 0.488 e. The van der Waals surface area contributed by atoms with Gasteiger partial charge in [0.15, 0.2) is 0 Å². The molecular formula is C39H42BCl2N5O6. The van der Waals surface area contributed by atoms with Gasteiger partial charge in [0.2, 0.25) is 0 Å². The molecule has 0 aromatic heterocycles. The predicted molar refractivity (Wildman–Crippen MR) is 208 cm³/mol. The Bertz CT molecular complexity index is 1920. The van der Waals surface area contributed by atoms with Crippen molar-refractivity contribution in [2.45, 2.75) is 32.0 Å². The van der Waals surface area contributed by atoms with E-state index in [0.29, 0.717) is 83.2 Å². The Kier molecular flexibility index (Phi) is 12.3. The first-order valence-corrected chi connectivity index (χ1v) is 18.3. The standard InChI is InChI=1S/C39H42BCl2N5O6/c1-25(2)53-34-24-32(52-3)16-17-33(34)37-44-35(26-6-12-30(41)13-7-26)36(27-8-14-31(42)15-9-27)47(37)39(49)46-22-20-45(21-23-46)19-18-43-38(48)28-4-10-29(11-5-28)40(50)51/h4-17,24-25,35-36,50-51H,18-23H2,1-3H3,(H,43,48)/t35-,36+/m0/s1. The van der Waals surface area contributed by atoms with Gasteiger partial charge in [-0.1, -0.05) is 59.6 Å². The topological polar surface area (TPSA) is 127 Å². The molecule has 276 valence electrons. The second kappa shape index (κ2) is 17.0. The van der Waals surface area contributed by atoms with Crippen molar-refractivity contribution in [2.24, 2.45) is 4.99 Å². The molecule has 2 atom stereocenters. The molecule has 1 saturated heterocycles. The second-order valence-corrected chi connectivity index (χ2v) is 14.1. The average Bonchev–Trinajstić information content (AvgIpc) is 3.55. The van der Waals surface area contributed by atoms with Gasteiger partial charge in [0.25, 0.3) is 5.91 Å². The van der Waals surface area contributed by atoms with E-state index in [2.05, 4.69) is 10.2 Å². The monoisotopic (exact) mass is 757 g/mol. The molecule has 0 radical (unpaired) electrons. The molecular weight excluding hydrogens is 716 g/mol. The van der Waals surface area contributed by atoms with Crippen LogP contribution in [-0.4, -0.2) is 102 Å². The van der Waals surface area contributed by atoms with E-state index in [1.807, 2.05) is 85.5 Å². The van der Waals surface area contributed by atoms with E-state index in [9.17, 15) is 19.6 Å². The second-order valence-electron chi connectivity index (χ2n) is 13.2. The summed E-state index contributed by atoms with van der Waals surface area (Å²) in [5.74, 6) is 1.41. The molecule has 3 N–H and O–H groups in total. The number of benzene rings is 4. The van der Waals surface area contributed by atoms with Crippen LogP contribution in [0.15, 0.2) is 96.0 Å². The lowest BCUT2D eigenvalue weighted by molar-refractivity contribution is 0.0938. The molecule has 0 aliphatic carbocycles. The number of aliphatic imine (C=N–C) groups is 1. The number of methoxy groups -OCH3 is 1. The zero-order valence-corrected chi connectivity index (χ0v) is 31.3. The first-order valence-electron chi connectivity index (χ1n) is 17.5. The number of carbonyl (C=O) groups excluding carboxylic acids is 2. The van der Waals surface area contributed by atoms with Gasteiger partial charge in [-0.3, -0.25) is 19.6 Å². The van der Waals surface area contributed by atoms with Crippen molar-refractivity contribution in [1.29, 1.82) is 0 Å². The fourth-order valence-corrected chi connectivity index (χ4v) is 6.82. The zero-order chi connectivity index (χ0) is 37.6. The highest BCUT2D eigenvalue weighted by Crippen LogP contribution is 2.46. The summed E-state index contributed by atoms with van der Waals surface area (Å²) in [4.78, 5) is 38.7. The van der Waals surface area contributed by atoms with Gasteiger partial charge in [0.1, 0.15) is 23.4 Å². The Morgan fingerprint density at radius 1 is 0.887 bits per heavy atom. The molecule has 4 aromatic carbocycles. The Morgan fingerprint density at radius 3 is 2.09 bits per heavy atom. The molecule has 0 bridgehead atoms. The van der Waals surface area contributed by atoms with Gasteiger partial charge in [-0.25, -0.2) is 4.79 Å². The Hall–Kier alpha value is -4.59. The van der Waals surface area contributed by atoms with Crippen LogP contribution < -0.4 is 20.3 Å². The summed E-state index contributed by atoms with van der Waals surface area (Å²) in [6, 6.07) is 25.6. The number of nitrogens with zero attached hydrogens (tertiary/aromatic N) is 4. The van der Waals surface area contributed by atoms with Crippen molar-refractivity contribution in [3.63, 3.8) is 0 Å². The average molecular weight is 759 g/mol. The van der Waals surface area contributed by atoms with Crippen LogP contribution in [-0.2, 0) is 0 Å². The summed E-state index contributed by atoms with van der Waals surface area (Å²) in [5, 5.41) is 22.7. The summed E-state index contributed by atoms with van der Waals surface area (Å²) in [6.45, 7) is 7.08. The highest BCUT2D eigenvalue weighted by atomic mass is 35.5. The quantitative estimate of drug-likeness (QED) is 0.180. The number of nitrogens with one attached hydrogen (secondary N) is 1. The van der Waals surface area contributed by atoms with Gasteiger partial charge in [-0.15, -0.1) is 0 Å². The lowest BCUT2D eigenvalue weighted by Gasteiger charge is -2.39. The van der Waals surface area contributed by atoms with Crippen LogP contribution >= 0.6 is 23.2 Å². The fraction of sp³-hybridized carbons (Fsp3) is 0.308. The molecule has 6 rings (SSSR count). The van der Waals surface area contributed by atoms with Crippen LogP contribution in [0.4, 0.5) is 4.79 Å². The van der Waals surface area contributed by atoms with Crippen LogP contribution in [0.1, 0.15) is 53.0 Å². The Morgan fingerprint density at radius 2 is 1.51 bits per heavy atom. The number of carbonyl (C=O) groups is 2. The van der Waals surface area contributed by atoms with E-state index in [4.69, 9.17) is 37.7 Å². The first-order chi connectivity index (χ1) is 25.5. The number of hydrogen-bond donors (Lipinski definition) is 3. The molecule has 53 heavy (non-hydrogen) atoms. The summed E-state index contributed by atoms with van der Waals surface area (Å²) < 4.78 is 11.8. The van der Waals surface area contributed by atoms with E-state index in [1.165, 1.54) is 12.1 Å². The predicted octanol–water partition coefficient (Wildman–Crippen LogP) is 5.18. The van der Waals surface area contributed by atoms with Gasteiger partial charge in [-0.2, -0.15) is 0 Å². The highest BCUT2D eigenvalue weighted by Gasteiger charge is 2.45. The number of amidine groups is 1. The largest absolute Gasteiger partial charge is 0.497 e. The number of amides is 3. The summed E-state index contributed by atoms with van der Waals surface area (Å²) in [7, 11) is 0.0103. The number of halogens is 2. The molecule has 4 aromatic rings. The number of hydrogen-bond acceptors (Lipinski definition) is 8. The third kappa shape index (κ3) is 8.97. The third-order valence-corrected chi connectivity index (χ3v) is 9.82. The van der Waals surface area contributed by atoms with Gasteiger partial charge in [0, 0.05) is 60.9 Å². The van der Waals surface area contributed by atoms with Gasteiger partial charge in [-0.05, 0) is 79.0 Å². The summed E-state index contributed by atoms with van der Waals surface area (Å²) in [5.41, 5.74) is 3.18. The van der Waals surface area contributed by atoms with Crippen LogP contribution in [0.2, 0.25) is 10.0 Å². The minimum atomic E-state index is -1.59. The van der Waals surface area contributed by atoms with E-state index in [0.717, 1.165) is 11.1 Å². The number of urea groups is 1. The van der Waals surface area contributed by atoms with Crippen LogP contribution in [0.5, 0.6) is 11.5 Å². The summed E-state index contributed by atoms with van der Waals surface area (Å²) >= 11 is 12.6.